The third-order valence-corrected chi connectivity index (χ3v) is 4.35. The standard InChI is InChI=1S/C20H23N9O2/c1-14-23-19(21)25-20(24-14)22-12-3-13-28(2)17-8-4-15(5-9-17)26-27-16-6-10-18(11-7-16)29(30)31/h4-11H,3,12-13H2,1-2H3,(H3,21,22,23,24,25). The van der Waals surface area contributed by atoms with Crippen molar-refractivity contribution in [3.05, 3.63) is 64.5 Å². The van der Waals surface area contributed by atoms with Crippen molar-refractivity contribution in [3.63, 3.8) is 0 Å². The molecule has 0 aliphatic rings. The van der Waals surface area contributed by atoms with Crippen molar-refractivity contribution in [1.29, 1.82) is 0 Å². The summed E-state index contributed by atoms with van der Waals surface area (Å²) in [5.74, 6) is 1.27. The van der Waals surface area contributed by atoms with Crippen LogP contribution < -0.4 is 16.0 Å². The molecule has 3 N–H and O–H groups in total. The maximum atomic E-state index is 10.7. The highest BCUT2D eigenvalue weighted by atomic mass is 16.6. The molecule has 31 heavy (non-hydrogen) atoms. The van der Waals surface area contributed by atoms with Crippen LogP contribution in [0.25, 0.3) is 0 Å². The van der Waals surface area contributed by atoms with Crippen LogP contribution in [0.4, 0.5) is 34.6 Å². The van der Waals surface area contributed by atoms with Crippen LogP contribution in [-0.2, 0) is 0 Å². The Labute approximate surface area is 179 Å². The number of hydrogen-bond donors (Lipinski definition) is 2. The van der Waals surface area contributed by atoms with Gasteiger partial charge in [-0.05, 0) is 49.7 Å². The van der Waals surface area contributed by atoms with Crippen LogP contribution in [-0.4, -0.2) is 40.0 Å². The summed E-state index contributed by atoms with van der Waals surface area (Å²) in [4.78, 5) is 24.6. The molecule has 3 aromatic rings. The highest BCUT2D eigenvalue weighted by molar-refractivity contribution is 5.52. The number of nitro benzene ring substituents is 1. The molecule has 0 fully saturated rings. The molecule has 1 heterocycles. The molecule has 0 bridgehead atoms. The third kappa shape index (κ3) is 6.42. The van der Waals surface area contributed by atoms with E-state index in [0.29, 0.717) is 29.7 Å². The average Bonchev–Trinajstić information content (AvgIpc) is 2.75. The van der Waals surface area contributed by atoms with Crippen LogP contribution in [0.1, 0.15) is 12.2 Å². The molecule has 3 rings (SSSR count). The SMILES string of the molecule is Cc1nc(N)nc(NCCCN(C)c2ccc(N=Nc3ccc([N+](=O)[O-])cc3)cc2)n1. The van der Waals surface area contributed by atoms with Crippen molar-refractivity contribution in [1.82, 2.24) is 15.0 Å². The molecule has 1 aromatic heterocycles. The Morgan fingerprint density at radius 3 is 2.23 bits per heavy atom. The molecule has 0 radical (unpaired) electrons. The number of nitro groups is 1. The van der Waals surface area contributed by atoms with E-state index in [0.717, 1.165) is 18.7 Å². The van der Waals surface area contributed by atoms with E-state index < -0.39 is 4.92 Å². The number of azo groups is 1. The lowest BCUT2D eigenvalue weighted by atomic mass is 10.2. The molecular weight excluding hydrogens is 398 g/mol. The first-order chi connectivity index (χ1) is 14.9. The first kappa shape index (κ1) is 21.6. The number of anilines is 3. The zero-order chi connectivity index (χ0) is 22.2. The Morgan fingerprint density at radius 2 is 1.65 bits per heavy atom. The minimum absolute atomic E-state index is 0.0223. The summed E-state index contributed by atoms with van der Waals surface area (Å²) in [6, 6.07) is 13.6. The van der Waals surface area contributed by atoms with Gasteiger partial charge in [0.2, 0.25) is 11.9 Å². The number of hydrogen-bond acceptors (Lipinski definition) is 10. The summed E-state index contributed by atoms with van der Waals surface area (Å²) in [6.07, 6.45) is 0.878. The molecular formula is C20H23N9O2. The highest BCUT2D eigenvalue weighted by Gasteiger charge is 2.04. The van der Waals surface area contributed by atoms with Crippen molar-refractivity contribution >= 4 is 34.6 Å². The number of benzene rings is 2. The van der Waals surface area contributed by atoms with Gasteiger partial charge in [-0.15, -0.1) is 0 Å². The fourth-order valence-electron chi connectivity index (χ4n) is 2.76. The maximum Gasteiger partial charge on any atom is 0.269 e. The van der Waals surface area contributed by atoms with E-state index in [4.69, 9.17) is 5.73 Å². The molecule has 160 valence electrons. The van der Waals surface area contributed by atoms with E-state index in [-0.39, 0.29) is 11.6 Å². The predicted molar refractivity (Wildman–Crippen MR) is 119 cm³/mol. The van der Waals surface area contributed by atoms with Gasteiger partial charge >= 0.3 is 0 Å². The average molecular weight is 421 g/mol. The van der Waals surface area contributed by atoms with Crippen LogP contribution in [0.5, 0.6) is 0 Å². The molecule has 0 saturated carbocycles. The predicted octanol–water partition coefficient (Wildman–Crippen LogP) is 4.02. The quantitative estimate of drug-likeness (QED) is 0.228. The molecule has 0 atom stereocenters. The molecule has 0 spiro atoms. The topological polar surface area (TPSA) is 148 Å². The second-order valence-corrected chi connectivity index (χ2v) is 6.76. The van der Waals surface area contributed by atoms with E-state index in [1.807, 2.05) is 31.3 Å². The second-order valence-electron chi connectivity index (χ2n) is 6.76. The first-order valence-electron chi connectivity index (χ1n) is 9.60. The Hall–Kier alpha value is -4.15. The smallest absolute Gasteiger partial charge is 0.269 e. The zero-order valence-electron chi connectivity index (χ0n) is 17.3. The van der Waals surface area contributed by atoms with Crippen LogP contribution in [0.3, 0.4) is 0 Å². The van der Waals surface area contributed by atoms with E-state index in [1.165, 1.54) is 12.1 Å². The van der Waals surface area contributed by atoms with Gasteiger partial charge in [0.05, 0.1) is 16.3 Å². The largest absolute Gasteiger partial charge is 0.375 e. The van der Waals surface area contributed by atoms with Crippen molar-refractivity contribution in [2.75, 3.05) is 36.1 Å². The monoisotopic (exact) mass is 421 g/mol. The molecule has 0 amide bonds. The van der Waals surface area contributed by atoms with Crippen LogP contribution >= 0.6 is 0 Å². The number of nitrogens with two attached hydrogens (primary N) is 1. The number of aromatic nitrogens is 3. The fraction of sp³-hybridized carbons (Fsp3) is 0.250. The van der Waals surface area contributed by atoms with E-state index in [9.17, 15) is 10.1 Å². The van der Waals surface area contributed by atoms with Crippen LogP contribution in [0, 0.1) is 17.0 Å². The summed E-state index contributed by atoms with van der Waals surface area (Å²) in [7, 11) is 2.01. The number of nitrogens with one attached hydrogen (secondary N) is 1. The Bertz CT molecular complexity index is 1030. The molecule has 0 saturated heterocycles. The minimum Gasteiger partial charge on any atom is -0.375 e. The number of nitrogens with zero attached hydrogens (tertiary/aromatic N) is 7. The summed E-state index contributed by atoms with van der Waals surface area (Å²) >= 11 is 0. The highest BCUT2D eigenvalue weighted by Crippen LogP contribution is 2.23. The number of non-ortho nitro benzene ring substituents is 1. The van der Waals surface area contributed by atoms with Gasteiger partial charge in [-0.2, -0.15) is 25.2 Å². The lowest BCUT2D eigenvalue weighted by molar-refractivity contribution is -0.384. The van der Waals surface area contributed by atoms with Gasteiger partial charge < -0.3 is 16.0 Å². The first-order valence-corrected chi connectivity index (χ1v) is 9.60. The normalized spacial score (nSPS) is 10.9. The lowest BCUT2D eigenvalue weighted by Gasteiger charge is -2.19. The number of nitrogen functional groups attached to an aromatic ring is 1. The molecule has 0 unspecified atom stereocenters. The minimum atomic E-state index is -0.448. The van der Waals surface area contributed by atoms with Gasteiger partial charge in [0.1, 0.15) is 5.82 Å². The van der Waals surface area contributed by atoms with E-state index in [2.05, 4.69) is 35.4 Å². The Morgan fingerprint density at radius 1 is 1.03 bits per heavy atom. The van der Waals surface area contributed by atoms with Crippen molar-refractivity contribution in [2.24, 2.45) is 10.2 Å². The van der Waals surface area contributed by atoms with Gasteiger partial charge in [0, 0.05) is 38.0 Å². The van der Waals surface area contributed by atoms with Gasteiger partial charge in [-0.25, -0.2) is 0 Å². The van der Waals surface area contributed by atoms with Crippen molar-refractivity contribution in [3.8, 4) is 0 Å². The van der Waals surface area contributed by atoms with E-state index >= 15 is 0 Å². The van der Waals surface area contributed by atoms with Gasteiger partial charge in [0.15, 0.2) is 0 Å². The van der Waals surface area contributed by atoms with Crippen LogP contribution in [0.2, 0.25) is 0 Å². The van der Waals surface area contributed by atoms with Gasteiger partial charge in [-0.3, -0.25) is 10.1 Å². The summed E-state index contributed by atoms with van der Waals surface area (Å²) in [5.41, 5.74) is 7.94. The fourth-order valence-corrected chi connectivity index (χ4v) is 2.76. The van der Waals surface area contributed by atoms with Crippen LogP contribution in [0.15, 0.2) is 58.8 Å². The van der Waals surface area contributed by atoms with Crippen molar-refractivity contribution in [2.45, 2.75) is 13.3 Å². The zero-order valence-corrected chi connectivity index (χ0v) is 17.3. The number of aryl methyl sites for hydroxylation is 1. The molecule has 2 aromatic carbocycles. The Balaban J connectivity index is 1.48. The summed E-state index contributed by atoms with van der Waals surface area (Å²) < 4.78 is 0. The molecule has 0 aliphatic carbocycles. The van der Waals surface area contributed by atoms with Crippen molar-refractivity contribution < 1.29 is 4.92 Å². The third-order valence-electron chi connectivity index (χ3n) is 4.35. The molecule has 0 aliphatic heterocycles. The summed E-state index contributed by atoms with van der Waals surface area (Å²) in [5, 5.41) is 22.1. The number of rotatable bonds is 9. The summed E-state index contributed by atoms with van der Waals surface area (Å²) in [6.45, 7) is 3.30. The molecule has 11 nitrogen and oxygen atoms in total. The Kier molecular flexibility index (Phi) is 6.99. The van der Waals surface area contributed by atoms with Gasteiger partial charge in [-0.1, -0.05) is 0 Å². The molecule has 11 heteroatoms. The maximum absolute atomic E-state index is 10.7. The second kappa shape index (κ2) is 10.1. The van der Waals surface area contributed by atoms with E-state index in [1.54, 1.807) is 19.1 Å². The van der Waals surface area contributed by atoms with Gasteiger partial charge in [0.25, 0.3) is 5.69 Å². The lowest BCUT2D eigenvalue weighted by Crippen LogP contribution is -2.21.